The van der Waals surface area contributed by atoms with E-state index in [2.05, 4.69) is 0 Å². The van der Waals surface area contributed by atoms with Gasteiger partial charge < -0.3 is 101 Å². The maximum absolute atomic E-state index is 12.4. The third-order valence-electron chi connectivity index (χ3n) is 11.0. The number of phenols is 14. The average Bonchev–Trinajstić information content (AvgIpc) is 3.23. The van der Waals surface area contributed by atoms with Gasteiger partial charge in [0.15, 0.2) is 64.3 Å². The van der Waals surface area contributed by atoms with E-state index >= 15 is 0 Å². The first-order chi connectivity index (χ1) is 30.7. The molecule has 0 bridgehead atoms. The molecule has 6 aromatic rings. The number of aromatic hydroxyl groups is 14. The van der Waals surface area contributed by atoms with E-state index in [1.54, 1.807) is 0 Å². The lowest BCUT2D eigenvalue weighted by molar-refractivity contribution is 0.165. The van der Waals surface area contributed by atoms with Crippen LogP contribution in [0.2, 0.25) is 0 Å². The zero-order valence-corrected chi connectivity index (χ0v) is 32.5. The van der Waals surface area contributed by atoms with Crippen molar-refractivity contribution < 1.29 is 101 Å². The summed E-state index contributed by atoms with van der Waals surface area (Å²) in [6, 6.07) is 10.1. The van der Waals surface area contributed by atoms with E-state index in [9.17, 15) is 86.8 Å². The molecule has 0 radical (unpaired) electrons. The van der Waals surface area contributed by atoms with Crippen molar-refractivity contribution in [1.82, 2.24) is 0 Å². The van der Waals surface area contributed by atoms with Gasteiger partial charge in [-0.1, -0.05) is 6.07 Å². The van der Waals surface area contributed by atoms with Crippen molar-refractivity contribution in [2.24, 2.45) is 0 Å². The van der Waals surface area contributed by atoms with Crippen LogP contribution in [0.25, 0.3) is 17.2 Å². The standard InChI is InChI=1S/C45H32O20/c46-16-8-21(50)31-30(9-16)63-42(14-4-25(54)37(59)26(55)5-14)39(61)35(31)33-23(52)12-24(53)34-36(40(62)43(65-45(33)34)15-6-27(56)38(60)28(57)7-15)32-22(51)11-19(48)17-10-29(58)41(64-44(17)32)13-1-2-18(47)20(49)3-13/h1-12,41-43,46-62H/t41-,42-,43-/m1/s1. The molecular weight excluding hydrogens is 860 g/mol. The number of aliphatic hydroxyl groups excluding tert-OH is 3. The summed E-state index contributed by atoms with van der Waals surface area (Å²) in [6.45, 7) is 0. The Balaban J connectivity index is 1.38. The molecular formula is C45H32O20. The molecule has 20 heteroatoms. The smallest absolute Gasteiger partial charge is 0.200 e. The van der Waals surface area contributed by atoms with Crippen LogP contribution in [0.3, 0.4) is 0 Å². The lowest BCUT2D eigenvalue weighted by Gasteiger charge is -2.35. The van der Waals surface area contributed by atoms with Crippen molar-refractivity contribution in [2.45, 2.75) is 18.3 Å². The van der Waals surface area contributed by atoms with Gasteiger partial charge in [0.05, 0.1) is 27.8 Å². The van der Waals surface area contributed by atoms with Crippen molar-refractivity contribution in [3.8, 4) is 97.7 Å². The molecule has 9 rings (SSSR count). The Morgan fingerprint density at radius 1 is 0.338 bits per heavy atom. The number of ether oxygens (including phenoxy) is 3. The second-order valence-electron chi connectivity index (χ2n) is 15.0. The highest BCUT2D eigenvalue weighted by atomic mass is 16.5. The number of hydrogen-bond donors (Lipinski definition) is 17. The molecule has 17 N–H and O–H groups in total. The fourth-order valence-corrected chi connectivity index (χ4v) is 8.04. The fourth-order valence-electron chi connectivity index (χ4n) is 8.04. The molecule has 0 saturated heterocycles. The largest absolute Gasteiger partial charge is 0.508 e. The van der Waals surface area contributed by atoms with Crippen LogP contribution in [-0.4, -0.2) is 86.8 Å². The lowest BCUT2D eigenvalue weighted by atomic mass is 9.82. The molecule has 0 fully saturated rings. The van der Waals surface area contributed by atoms with Gasteiger partial charge in [0.25, 0.3) is 0 Å². The molecule has 3 atom stereocenters. The van der Waals surface area contributed by atoms with E-state index in [4.69, 9.17) is 14.2 Å². The normalized spacial score (nSPS) is 17.5. The molecule has 0 amide bonds. The van der Waals surface area contributed by atoms with E-state index in [-0.39, 0.29) is 22.3 Å². The molecule has 0 aromatic heterocycles. The topological polar surface area (TPSA) is 372 Å². The summed E-state index contributed by atoms with van der Waals surface area (Å²) >= 11 is 0. The summed E-state index contributed by atoms with van der Waals surface area (Å²) in [5.74, 6) is -15.7. The van der Waals surface area contributed by atoms with E-state index < -0.39 is 167 Å². The quantitative estimate of drug-likeness (QED) is 0.0821. The van der Waals surface area contributed by atoms with Crippen molar-refractivity contribution in [3.63, 3.8) is 0 Å². The van der Waals surface area contributed by atoms with Crippen molar-refractivity contribution in [3.05, 3.63) is 129 Å². The van der Waals surface area contributed by atoms with E-state index in [1.807, 2.05) is 0 Å². The van der Waals surface area contributed by atoms with Gasteiger partial charge in [-0.15, -0.1) is 0 Å². The highest BCUT2D eigenvalue weighted by Gasteiger charge is 2.44. The predicted octanol–water partition coefficient (Wildman–Crippen LogP) is 6.50. The molecule has 20 nitrogen and oxygen atoms in total. The number of phenolic OH excluding ortho intramolecular Hbond substituents is 14. The minimum absolute atomic E-state index is 0.0123. The zero-order chi connectivity index (χ0) is 46.7. The maximum Gasteiger partial charge on any atom is 0.200 e. The van der Waals surface area contributed by atoms with Gasteiger partial charge in [0.2, 0.25) is 0 Å². The number of rotatable bonds is 5. The lowest BCUT2D eigenvalue weighted by Crippen LogP contribution is -2.22. The third-order valence-corrected chi connectivity index (χ3v) is 11.0. The van der Waals surface area contributed by atoms with Gasteiger partial charge in [-0.05, 0) is 42.5 Å². The fraction of sp³-hybridized carbons (Fsp3) is 0.0667. The van der Waals surface area contributed by atoms with Gasteiger partial charge in [-0.2, -0.15) is 0 Å². The molecule has 0 aliphatic carbocycles. The maximum atomic E-state index is 12.4. The molecule has 3 aliphatic rings. The second-order valence-corrected chi connectivity index (χ2v) is 15.0. The van der Waals surface area contributed by atoms with Crippen LogP contribution >= 0.6 is 0 Å². The molecule has 0 unspecified atom stereocenters. The number of hydrogen-bond acceptors (Lipinski definition) is 20. The van der Waals surface area contributed by atoms with Crippen molar-refractivity contribution in [1.29, 1.82) is 0 Å². The van der Waals surface area contributed by atoms with Gasteiger partial charge >= 0.3 is 0 Å². The minimum Gasteiger partial charge on any atom is -0.508 e. The summed E-state index contributed by atoms with van der Waals surface area (Å²) in [4.78, 5) is 0. The summed E-state index contributed by atoms with van der Waals surface area (Å²) in [5, 5.41) is 187. The van der Waals surface area contributed by atoms with E-state index in [0.29, 0.717) is 6.07 Å². The van der Waals surface area contributed by atoms with Gasteiger partial charge in [-0.25, -0.2) is 0 Å². The zero-order valence-electron chi connectivity index (χ0n) is 32.5. The van der Waals surface area contributed by atoms with E-state index in [0.717, 1.165) is 60.7 Å². The Labute approximate surface area is 362 Å². The summed E-state index contributed by atoms with van der Waals surface area (Å²) in [5.41, 5.74) is -4.50. The molecule has 0 saturated carbocycles. The van der Waals surface area contributed by atoms with E-state index in [1.165, 1.54) is 6.07 Å². The van der Waals surface area contributed by atoms with Crippen LogP contribution in [-0.2, 0) is 0 Å². The summed E-state index contributed by atoms with van der Waals surface area (Å²) < 4.78 is 18.4. The first-order valence-corrected chi connectivity index (χ1v) is 18.8. The molecule has 3 aliphatic heterocycles. The van der Waals surface area contributed by atoms with Crippen LogP contribution < -0.4 is 14.2 Å². The first kappa shape index (κ1) is 40.9. The van der Waals surface area contributed by atoms with Gasteiger partial charge in [0, 0.05) is 52.1 Å². The highest BCUT2D eigenvalue weighted by molar-refractivity contribution is 6.01. The van der Waals surface area contributed by atoms with Crippen LogP contribution in [0.15, 0.2) is 84.0 Å². The number of fused-ring (bicyclic) bond motifs is 3. The Bertz CT molecular complexity index is 3140. The number of aliphatic hydroxyl groups is 3. The SMILES string of the molecule is OC1=Cc2c(O)cc(O)c(C3=C(O)[C@@H](c4cc(O)c(O)c(O)c4)Oc4c(C5=C(O)[C@@H](c6cc(O)c(O)c(O)c6)Oc6cc(O)cc(O)c65)c(O)cc(O)c43)c2O[C@@H]1c1ccc(O)c(O)c1. The van der Waals surface area contributed by atoms with Crippen molar-refractivity contribution in [2.75, 3.05) is 0 Å². The summed E-state index contributed by atoms with van der Waals surface area (Å²) in [6.07, 6.45) is -4.37. The minimum atomic E-state index is -2.01. The predicted molar refractivity (Wildman–Crippen MR) is 220 cm³/mol. The second kappa shape index (κ2) is 14.3. The Kier molecular flexibility index (Phi) is 9.01. The monoisotopic (exact) mass is 892 g/mol. The molecule has 6 aromatic carbocycles. The van der Waals surface area contributed by atoms with Crippen molar-refractivity contribution >= 4 is 17.2 Å². The molecule has 332 valence electrons. The molecule has 65 heavy (non-hydrogen) atoms. The Morgan fingerprint density at radius 2 is 0.785 bits per heavy atom. The average molecular weight is 893 g/mol. The molecule has 0 spiro atoms. The summed E-state index contributed by atoms with van der Waals surface area (Å²) in [7, 11) is 0. The van der Waals surface area contributed by atoms with Crippen LogP contribution in [0, 0.1) is 0 Å². The third kappa shape index (κ3) is 6.22. The van der Waals surface area contributed by atoms with Crippen LogP contribution in [0.1, 0.15) is 62.8 Å². The number of benzene rings is 6. The van der Waals surface area contributed by atoms with Gasteiger partial charge in [0.1, 0.15) is 69.0 Å². The Morgan fingerprint density at radius 3 is 1.32 bits per heavy atom. The van der Waals surface area contributed by atoms with Crippen LogP contribution in [0.5, 0.6) is 97.7 Å². The van der Waals surface area contributed by atoms with Crippen LogP contribution in [0.4, 0.5) is 0 Å². The Hall–Kier alpha value is -9.46. The first-order valence-electron chi connectivity index (χ1n) is 18.8. The van der Waals surface area contributed by atoms with Gasteiger partial charge in [-0.3, -0.25) is 0 Å². The molecule has 3 heterocycles. The highest BCUT2D eigenvalue weighted by Crippen LogP contribution is 2.61.